The molecule has 0 spiro atoms. The third-order valence-corrected chi connectivity index (χ3v) is 5.77. The summed E-state index contributed by atoms with van der Waals surface area (Å²) in [5.41, 5.74) is -0.0443. The maximum Gasteiger partial charge on any atom is 0.341 e. The Bertz CT molecular complexity index is 969. The number of nitrogens with zero attached hydrogens (tertiary/aromatic N) is 2. The number of aryl methyl sites for hydroxylation is 1. The molecule has 11 heteroatoms. The van der Waals surface area contributed by atoms with Gasteiger partial charge in [0.1, 0.15) is 5.82 Å². The van der Waals surface area contributed by atoms with Crippen LogP contribution in [-0.4, -0.2) is 49.5 Å². The number of aromatic nitrogens is 1. The molecule has 1 heterocycles. The molecule has 1 amide bonds. The van der Waals surface area contributed by atoms with Crippen molar-refractivity contribution in [2.24, 2.45) is 0 Å². The zero-order valence-electron chi connectivity index (χ0n) is 15.6. The normalized spacial score (nSPS) is 11.5. The van der Waals surface area contributed by atoms with Crippen LogP contribution in [0.2, 0.25) is 0 Å². The maximum absolute atomic E-state index is 14.0. The predicted molar refractivity (Wildman–Crippen MR) is 96.7 cm³/mol. The number of sulfonamides is 1. The van der Waals surface area contributed by atoms with Crippen LogP contribution >= 0.6 is 0 Å². The van der Waals surface area contributed by atoms with Gasteiger partial charge in [0.15, 0.2) is 6.61 Å². The van der Waals surface area contributed by atoms with Gasteiger partial charge in [-0.2, -0.15) is 4.31 Å². The maximum atomic E-state index is 14.0. The molecule has 1 aromatic carbocycles. The number of benzene rings is 1. The number of hydrogen-bond acceptors (Lipinski definition) is 7. The quantitative estimate of drug-likeness (QED) is 0.657. The summed E-state index contributed by atoms with van der Waals surface area (Å²) in [4.78, 5) is 23.6. The minimum Gasteiger partial charge on any atom is -0.452 e. The first kappa shape index (κ1) is 21.5. The molecule has 0 saturated carbocycles. The van der Waals surface area contributed by atoms with Gasteiger partial charge < -0.3 is 9.26 Å². The number of nitrogens with one attached hydrogen (secondary N) is 1. The Balaban J connectivity index is 2.11. The van der Waals surface area contributed by atoms with E-state index in [1.54, 1.807) is 20.8 Å². The Morgan fingerprint density at radius 3 is 2.50 bits per heavy atom. The summed E-state index contributed by atoms with van der Waals surface area (Å²) in [7, 11) is -3.88. The van der Waals surface area contributed by atoms with E-state index in [1.807, 2.05) is 0 Å². The number of carbonyl (C=O) groups excluding carboxylic acids is 2. The minimum absolute atomic E-state index is 0.0667. The van der Waals surface area contributed by atoms with E-state index < -0.39 is 39.9 Å². The topological polar surface area (TPSA) is 119 Å². The second-order valence-electron chi connectivity index (χ2n) is 5.69. The van der Waals surface area contributed by atoms with Crippen molar-refractivity contribution in [3.8, 4) is 0 Å². The summed E-state index contributed by atoms with van der Waals surface area (Å²) in [6.45, 7) is 4.70. The lowest BCUT2D eigenvalue weighted by Gasteiger charge is -2.18. The van der Waals surface area contributed by atoms with Gasteiger partial charge in [-0.1, -0.05) is 19.0 Å². The van der Waals surface area contributed by atoms with Crippen molar-refractivity contribution in [2.45, 2.75) is 25.7 Å². The number of ether oxygens (including phenoxy) is 1. The van der Waals surface area contributed by atoms with E-state index in [0.717, 1.165) is 18.2 Å². The number of anilines is 1. The minimum atomic E-state index is -3.88. The lowest BCUT2D eigenvalue weighted by molar-refractivity contribution is -0.119. The highest BCUT2D eigenvalue weighted by Crippen LogP contribution is 2.20. The van der Waals surface area contributed by atoms with Crippen molar-refractivity contribution in [3.05, 3.63) is 41.3 Å². The van der Waals surface area contributed by atoms with Crippen LogP contribution in [0.3, 0.4) is 0 Å². The second kappa shape index (κ2) is 8.93. The molecule has 0 saturated heterocycles. The largest absolute Gasteiger partial charge is 0.452 e. The molecule has 0 radical (unpaired) electrons. The fraction of sp³-hybridized carbons (Fsp3) is 0.353. The first-order valence-electron chi connectivity index (χ1n) is 8.39. The van der Waals surface area contributed by atoms with E-state index in [4.69, 9.17) is 9.26 Å². The third kappa shape index (κ3) is 4.93. The van der Waals surface area contributed by atoms with Crippen LogP contribution < -0.4 is 5.32 Å². The highest BCUT2D eigenvalue weighted by molar-refractivity contribution is 7.89. The van der Waals surface area contributed by atoms with Crippen LogP contribution in [0.15, 0.2) is 33.7 Å². The average molecular weight is 413 g/mol. The van der Waals surface area contributed by atoms with Crippen LogP contribution in [0.1, 0.15) is 29.9 Å². The number of amides is 1. The van der Waals surface area contributed by atoms with Crippen molar-refractivity contribution in [1.82, 2.24) is 9.46 Å². The molecule has 0 aliphatic rings. The van der Waals surface area contributed by atoms with E-state index in [1.165, 1.54) is 10.4 Å². The van der Waals surface area contributed by atoms with Crippen molar-refractivity contribution >= 4 is 27.8 Å². The van der Waals surface area contributed by atoms with Gasteiger partial charge in [-0.05, 0) is 25.1 Å². The van der Waals surface area contributed by atoms with Gasteiger partial charge in [-0.3, -0.25) is 10.1 Å². The Labute approximate surface area is 161 Å². The van der Waals surface area contributed by atoms with E-state index in [9.17, 15) is 22.4 Å². The van der Waals surface area contributed by atoms with Gasteiger partial charge in [0.05, 0.1) is 16.2 Å². The first-order chi connectivity index (χ1) is 13.2. The molecule has 0 aliphatic carbocycles. The van der Waals surface area contributed by atoms with Crippen LogP contribution in [0.25, 0.3) is 0 Å². The number of rotatable bonds is 8. The SMILES string of the molecule is CCN(CC)S(=O)(=O)c1ccc(F)c(C(=O)OCC(=O)Nc2cc(C)no2)c1. The van der Waals surface area contributed by atoms with Gasteiger partial charge in [-0.25, -0.2) is 17.6 Å². The van der Waals surface area contributed by atoms with E-state index in [2.05, 4.69) is 10.5 Å². The van der Waals surface area contributed by atoms with E-state index >= 15 is 0 Å². The number of esters is 1. The molecule has 0 fully saturated rings. The smallest absolute Gasteiger partial charge is 0.341 e. The molecule has 0 unspecified atom stereocenters. The van der Waals surface area contributed by atoms with Gasteiger partial charge in [0.25, 0.3) is 5.91 Å². The molecular weight excluding hydrogens is 393 g/mol. The molecule has 1 aromatic heterocycles. The van der Waals surface area contributed by atoms with E-state index in [-0.39, 0.29) is 23.9 Å². The molecule has 152 valence electrons. The first-order valence-corrected chi connectivity index (χ1v) is 9.83. The lowest BCUT2D eigenvalue weighted by atomic mass is 10.2. The van der Waals surface area contributed by atoms with Crippen LogP contribution in [0, 0.1) is 12.7 Å². The highest BCUT2D eigenvalue weighted by Gasteiger charge is 2.25. The highest BCUT2D eigenvalue weighted by atomic mass is 32.2. The molecule has 2 rings (SSSR count). The average Bonchev–Trinajstić information content (AvgIpc) is 3.05. The summed E-state index contributed by atoms with van der Waals surface area (Å²) >= 11 is 0. The second-order valence-corrected chi connectivity index (χ2v) is 7.63. The molecular formula is C17H20FN3O6S. The Kier molecular flexibility index (Phi) is 6.86. The molecule has 0 bridgehead atoms. The summed E-state index contributed by atoms with van der Waals surface area (Å²) in [5.74, 6) is -2.79. The predicted octanol–water partition coefficient (Wildman–Crippen LogP) is 1.95. The Hall–Kier alpha value is -2.79. The van der Waals surface area contributed by atoms with Crippen LogP contribution in [0.5, 0.6) is 0 Å². The van der Waals surface area contributed by atoms with Gasteiger partial charge in [-0.15, -0.1) is 0 Å². The third-order valence-electron chi connectivity index (χ3n) is 3.73. The Morgan fingerprint density at radius 1 is 1.25 bits per heavy atom. The van der Waals surface area contributed by atoms with E-state index in [0.29, 0.717) is 5.69 Å². The summed E-state index contributed by atoms with van der Waals surface area (Å²) in [6, 6.07) is 4.28. The monoisotopic (exact) mass is 413 g/mol. The Morgan fingerprint density at radius 2 is 1.93 bits per heavy atom. The molecule has 9 nitrogen and oxygen atoms in total. The standard InChI is InChI=1S/C17H20FN3O6S/c1-4-21(5-2)28(24,25)12-6-7-14(18)13(9-12)17(23)26-10-15(22)19-16-8-11(3)20-27-16/h6-9H,4-5,10H2,1-3H3,(H,19,22). The molecule has 0 aliphatic heterocycles. The van der Waals surface area contributed by atoms with Crippen molar-refractivity contribution < 1.29 is 31.7 Å². The van der Waals surface area contributed by atoms with Crippen LogP contribution in [0.4, 0.5) is 10.3 Å². The fourth-order valence-electron chi connectivity index (χ4n) is 2.34. The van der Waals surface area contributed by atoms with Crippen molar-refractivity contribution in [1.29, 1.82) is 0 Å². The molecule has 2 aromatic rings. The van der Waals surface area contributed by atoms with Gasteiger partial charge >= 0.3 is 5.97 Å². The van der Waals surface area contributed by atoms with Gasteiger partial charge in [0, 0.05) is 19.2 Å². The molecule has 28 heavy (non-hydrogen) atoms. The number of hydrogen-bond donors (Lipinski definition) is 1. The van der Waals surface area contributed by atoms with Crippen molar-refractivity contribution in [3.63, 3.8) is 0 Å². The van der Waals surface area contributed by atoms with Crippen molar-refractivity contribution in [2.75, 3.05) is 25.0 Å². The summed E-state index contributed by atoms with van der Waals surface area (Å²) < 4.78 is 49.8. The number of halogens is 1. The molecule has 1 N–H and O–H groups in total. The van der Waals surface area contributed by atoms with Gasteiger partial charge in [0.2, 0.25) is 15.9 Å². The zero-order valence-corrected chi connectivity index (χ0v) is 16.4. The zero-order chi connectivity index (χ0) is 20.9. The van der Waals surface area contributed by atoms with Crippen LogP contribution in [-0.2, 0) is 19.6 Å². The number of carbonyl (C=O) groups is 2. The fourth-order valence-corrected chi connectivity index (χ4v) is 3.82. The summed E-state index contributed by atoms with van der Waals surface area (Å²) in [5, 5.41) is 5.89. The molecule has 0 atom stereocenters. The summed E-state index contributed by atoms with van der Waals surface area (Å²) in [6.07, 6.45) is 0. The lowest BCUT2D eigenvalue weighted by Crippen LogP contribution is -2.30.